The molecule has 0 amide bonds. The maximum atomic E-state index is 5.42. The Bertz CT molecular complexity index is 336. The Morgan fingerprint density at radius 1 is 1.31 bits per heavy atom. The summed E-state index contributed by atoms with van der Waals surface area (Å²) in [4.78, 5) is 0. The highest BCUT2D eigenvalue weighted by Gasteiger charge is 2.17. The number of likely N-dealkylation sites (N-methyl/N-ethyl adjacent to an activating group) is 1. The Kier molecular flexibility index (Phi) is 4.81. The van der Waals surface area contributed by atoms with Crippen LogP contribution in [0.1, 0.15) is 37.8 Å². The predicted molar refractivity (Wildman–Crippen MR) is 69.3 cm³/mol. The van der Waals surface area contributed by atoms with E-state index in [1.165, 1.54) is 11.1 Å². The maximum Gasteiger partial charge on any atom is 0.122 e. The number of rotatable bonds is 5. The molecule has 2 nitrogen and oxygen atoms in total. The van der Waals surface area contributed by atoms with Crippen LogP contribution in [0.2, 0.25) is 0 Å². The van der Waals surface area contributed by atoms with E-state index in [1.807, 2.05) is 0 Å². The van der Waals surface area contributed by atoms with Gasteiger partial charge in [-0.2, -0.15) is 0 Å². The van der Waals surface area contributed by atoms with Crippen LogP contribution in [0.25, 0.3) is 0 Å². The van der Waals surface area contributed by atoms with Crippen molar-refractivity contribution in [3.05, 3.63) is 29.3 Å². The van der Waals surface area contributed by atoms with Gasteiger partial charge in [-0.05, 0) is 37.9 Å². The van der Waals surface area contributed by atoms with Crippen molar-refractivity contribution in [2.45, 2.75) is 39.7 Å². The molecule has 0 saturated heterocycles. The van der Waals surface area contributed by atoms with Crippen LogP contribution >= 0.6 is 0 Å². The maximum absolute atomic E-state index is 5.42. The van der Waals surface area contributed by atoms with E-state index in [-0.39, 0.29) is 0 Å². The van der Waals surface area contributed by atoms with Gasteiger partial charge < -0.3 is 10.1 Å². The molecule has 0 aliphatic rings. The Morgan fingerprint density at radius 2 is 2.00 bits per heavy atom. The summed E-state index contributed by atoms with van der Waals surface area (Å²) >= 11 is 0. The first-order chi connectivity index (χ1) is 7.60. The minimum absolute atomic E-state index is 0.454. The normalized spacial score (nSPS) is 14.6. The molecule has 1 aromatic rings. The summed E-state index contributed by atoms with van der Waals surface area (Å²) < 4.78 is 5.42. The number of methoxy groups -OCH3 is 1. The molecule has 90 valence electrons. The Morgan fingerprint density at radius 3 is 2.56 bits per heavy atom. The van der Waals surface area contributed by atoms with E-state index in [9.17, 15) is 0 Å². The summed E-state index contributed by atoms with van der Waals surface area (Å²) in [6.07, 6.45) is 0. The second-order valence-corrected chi connectivity index (χ2v) is 4.38. The van der Waals surface area contributed by atoms with Gasteiger partial charge in [-0.25, -0.2) is 0 Å². The number of nitrogens with one attached hydrogen (secondary N) is 1. The Labute approximate surface area is 99.0 Å². The van der Waals surface area contributed by atoms with Gasteiger partial charge in [-0.3, -0.25) is 0 Å². The molecule has 1 aromatic carbocycles. The van der Waals surface area contributed by atoms with Gasteiger partial charge in [0, 0.05) is 6.04 Å². The molecule has 2 atom stereocenters. The molecule has 2 unspecified atom stereocenters. The second-order valence-electron chi connectivity index (χ2n) is 4.38. The van der Waals surface area contributed by atoms with E-state index in [1.54, 1.807) is 7.11 Å². The molecule has 0 aliphatic heterocycles. The van der Waals surface area contributed by atoms with Crippen LogP contribution in [0.15, 0.2) is 18.2 Å². The van der Waals surface area contributed by atoms with E-state index in [2.05, 4.69) is 51.2 Å². The molecule has 0 bridgehead atoms. The van der Waals surface area contributed by atoms with Gasteiger partial charge in [-0.1, -0.05) is 31.5 Å². The van der Waals surface area contributed by atoms with E-state index < -0.39 is 0 Å². The molecule has 0 heterocycles. The average Bonchev–Trinajstić information content (AvgIpc) is 2.28. The van der Waals surface area contributed by atoms with Crippen molar-refractivity contribution in [3.8, 4) is 5.75 Å². The van der Waals surface area contributed by atoms with Crippen LogP contribution < -0.4 is 10.1 Å². The lowest BCUT2D eigenvalue weighted by atomic mass is 9.92. The molecule has 1 rings (SSSR count). The largest absolute Gasteiger partial charge is 0.496 e. The first-order valence-electron chi connectivity index (χ1n) is 5.98. The number of benzene rings is 1. The van der Waals surface area contributed by atoms with Gasteiger partial charge in [0.1, 0.15) is 5.75 Å². The zero-order valence-corrected chi connectivity index (χ0v) is 11.0. The molecular weight excluding hydrogens is 198 g/mol. The predicted octanol–water partition coefficient (Wildman–Crippen LogP) is 3.11. The lowest BCUT2D eigenvalue weighted by Gasteiger charge is -2.23. The summed E-state index contributed by atoms with van der Waals surface area (Å²) in [6.45, 7) is 9.71. The van der Waals surface area contributed by atoms with Crippen LogP contribution in [0.3, 0.4) is 0 Å². The standard InChI is InChI=1S/C14H23NO/c1-6-15-12(4)11(3)13-9-10(2)7-8-14(13)16-5/h7-9,11-12,15H,6H2,1-5H3. The molecule has 0 fully saturated rings. The molecule has 0 aliphatic carbocycles. The van der Waals surface area contributed by atoms with Gasteiger partial charge in [0.15, 0.2) is 0 Å². The van der Waals surface area contributed by atoms with Crippen molar-refractivity contribution in [3.63, 3.8) is 0 Å². The lowest BCUT2D eigenvalue weighted by molar-refractivity contribution is 0.397. The van der Waals surface area contributed by atoms with Crippen LogP contribution in [0.4, 0.5) is 0 Å². The van der Waals surface area contributed by atoms with Crippen molar-refractivity contribution < 1.29 is 4.74 Å². The number of aryl methyl sites for hydroxylation is 1. The van der Waals surface area contributed by atoms with Gasteiger partial charge in [0.05, 0.1) is 7.11 Å². The summed E-state index contributed by atoms with van der Waals surface area (Å²) in [5, 5.41) is 3.46. The van der Waals surface area contributed by atoms with E-state index in [0.717, 1.165) is 12.3 Å². The average molecular weight is 221 g/mol. The van der Waals surface area contributed by atoms with Gasteiger partial charge >= 0.3 is 0 Å². The smallest absolute Gasteiger partial charge is 0.122 e. The molecule has 0 saturated carbocycles. The number of hydrogen-bond acceptors (Lipinski definition) is 2. The van der Waals surface area contributed by atoms with Gasteiger partial charge in [0.25, 0.3) is 0 Å². The SMILES string of the molecule is CCNC(C)C(C)c1cc(C)ccc1OC. The van der Waals surface area contributed by atoms with Crippen molar-refractivity contribution in [1.29, 1.82) is 0 Å². The van der Waals surface area contributed by atoms with Crippen molar-refractivity contribution in [2.75, 3.05) is 13.7 Å². The third-order valence-electron chi connectivity index (χ3n) is 3.15. The van der Waals surface area contributed by atoms with Crippen molar-refractivity contribution >= 4 is 0 Å². The minimum Gasteiger partial charge on any atom is -0.496 e. The van der Waals surface area contributed by atoms with Gasteiger partial charge in [-0.15, -0.1) is 0 Å². The number of ether oxygens (including phenoxy) is 1. The van der Waals surface area contributed by atoms with Crippen molar-refractivity contribution in [2.24, 2.45) is 0 Å². The third kappa shape index (κ3) is 2.99. The summed E-state index contributed by atoms with van der Waals surface area (Å²) in [6, 6.07) is 6.82. The molecular formula is C14H23NO. The van der Waals surface area contributed by atoms with E-state index in [0.29, 0.717) is 12.0 Å². The van der Waals surface area contributed by atoms with E-state index in [4.69, 9.17) is 4.74 Å². The Hall–Kier alpha value is -1.02. The zero-order valence-electron chi connectivity index (χ0n) is 11.0. The zero-order chi connectivity index (χ0) is 12.1. The first kappa shape index (κ1) is 13.0. The van der Waals surface area contributed by atoms with Crippen LogP contribution in [0, 0.1) is 6.92 Å². The molecule has 0 radical (unpaired) electrons. The van der Waals surface area contributed by atoms with Gasteiger partial charge in [0.2, 0.25) is 0 Å². The summed E-state index contributed by atoms with van der Waals surface area (Å²) in [5.74, 6) is 1.44. The number of hydrogen-bond donors (Lipinski definition) is 1. The second kappa shape index (κ2) is 5.90. The van der Waals surface area contributed by atoms with Crippen LogP contribution in [-0.4, -0.2) is 19.7 Å². The highest BCUT2D eigenvalue weighted by atomic mass is 16.5. The van der Waals surface area contributed by atoms with Crippen molar-refractivity contribution in [1.82, 2.24) is 5.32 Å². The minimum atomic E-state index is 0.454. The molecule has 1 N–H and O–H groups in total. The van der Waals surface area contributed by atoms with Crippen LogP contribution in [0.5, 0.6) is 5.75 Å². The summed E-state index contributed by atoms with van der Waals surface area (Å²) in [7, 11) is 1.73. The fraction of sp³-hybridized carbons (Fsp3) is 0.571. The third-order valence-corrected chi connectivity index (χ3v) is 3.15. The van der Waals surface area contributed by atoms with Crippen LogP contribution in [-0.2, 0) is 0 Å². The highest BCUT2D eigenvalue weighted by molar-refractivity contribution is 5.39. The fourth-order valence-corrected chi connectivity index (χ4v) is 1.98. The molecule has 0 aromatic heterocycles. The molecule has 2 heteroatoms. The fourth-order valence-electron chi connectivity index (χ4n) is 1.98. The Balaban J connectivity index is 2.96. The lowest BCUT2D eigenvalue weighted by Crippen LogP contribution is -2.30. The summed E-state index contributed by atoms with van der Waals surface area (Å²) in [5.41, 5.74) is 2.57. The first-order valence-corrected chi connectivity index (χ1v) is 5.98. The quantitative estimate of drug-likeness (QED) is 0.825. The van der Waals surface area contributed by atoms with E-state index >= 15 is 0 Å². The molecule has 16 heavy (non-hydrogen) atoms. The monoisotopic (exact) mass is 221 g/mol. The highest BCUT2D eigenvalue weighted by Crippen LogP contribution is 2.29. The molecule has 0 spiro atoms. The topological polar surface area (TPSA) is 21.3 Å².